The van der Waals surface area contributed by atoms with Crippen molar-refractivity contribution >= 4 is 11.7 Å². The number of aryl methyl sites for hydroxylation is 3. The Kier molecular flexibility index (Phi) is 4.73. The summed E-state index contributed by atoms with van der Waals surface area (Å²) in [6, 6.07) is 9.94. The molecular weight excluding hydrogens is 328 g/mol. The molecule has 6 nitrogen and oxygen atoms in total. The van der Waals surface area contributed by atoms with Crippen molar-refractivity contribution in [3.05, 3.63) is 47.2 Å². The number of carbonyl (C=O) groups is 1. The number of para-hydroxylation sites is 1. The summed E-state index contributed by atoms with van der Waals surface area (Å²) in [5.41, 5.74) is 3.52. The largest absolute Gasteiger partial charge is 0.484 e. The lowest BCUT2D eigenvalue weighted by Gasteiger charge is -2.35. The van der Waals surface area contributed by atoms with Crippen molar-refractivity contribution in [1.82, 2.24) is 15.1 Å². The number of piperazine rings is 1. The maximum atomic E-state index is 12.4. The molecule has 2 aromatic rings. The second kappa shape index (κ2) is 7.32. The van der Waals surface area contributed by atoms with Gasteiger partial charge in [-0.25, -0.2) is 0 Å². The molecule has 2 heterocycles. The van der Waals surface area contributed by atoms with E-state index in [1.165, 1.54) is 12.0 Å². The molecule has 0 saturated carbocycles. The fraction of sp³-hybridized carbons (Fsp3) is 0.450. The second-order valence-electron chi connectivity index (χ2n) is 6.95. The normalized spacial score (nSPS) is 16.5. The van der Waals surface area contributed by atoms with Gasteiger partial charge in [0.1, 0.15) is 5.75 Å². The van der Waals surface area contributed by atoms with Crippen LogP contribution in [0.15, 0.2) is 30.3 Å². The van der Waals surface area contributed by atoms with E-state index in [-0.39, 0.29) is 12.5 Å². The highest BCUT2D eigenvalue weighted by atomic mass is 16.5. The van der Waals surface area contributed by atoms with Gasteiger partial charge in [-0.15, -0.1) is 5.10 Å². The van der Waals surface area contributed by atoms with Gasteiger partial charge in [0, 0.05) is 26.2 Å². The Labute approximate surface area is 153 Å². The number of nitrogens with zero attached hydrogens (tertiary/aromatic N) is 4. The van der Waals surface area contributed by atoms with Crippen LogP contribution in [0.1, 0.15) is 23.2 Å². The van der Waals surface area contributed by atoms with Gasteiger partial charge in [-0.2, -0.15) is 5.10 Å². The van der Waals surface area contributed by atoms with Gasteiger partial charge in [0.25, 0.3) is 5.91 Å². The summed E-state index contributed by atoms with van der Waals surface area (Å²) >= 11 is 0. The van der Waals surface area contributed by atoms with Crippen LogP contribution in [0.4, 0.5) is 5.82 Å². The summed E-state index contributed by atoms with van der Waals surface area (Å²) in [7, 11) is 0. The summed E-state index contributed by atoms with van der Waals surface area (Å²) in [5.74, 6) is 1.75. The topological polar surface area (TPSA) is 58.6 Å². The van der Waals surface area contributed by atoms with Crippen LogP contribution in [0.2, 0.25) is 0 Å². The molecule has 4 rings (SSSR count). The van der Waals surface area contributed by atoms with Gasteiger partial charge in [0.15, 0.2) is 12.4 Å². The molecular formula is C20H24N4O2. The Morgan fingerprint density at radius 1 is 1.12 bits per heavy atom. The minimum absolute atomic E-state index is 0.0351. The van der Waals surface area contributed by atoms with Crippen LogP contribution in [-0.4, -0.2) is 53.8 Å². The quantitative estimate of drug-likeness (QED) is 0.842. The zero-order valence-corrected chi connectivity index (χ0v) is 15.1. The smallest absolute Gasteiger partial charge is 0.260 e. The lowest BCUT2D eigenvalue weighted by atomic mass is 10.2. The van der Waals surface area contributed by atoms with Crippen LogP contribution in [0, 0.1) is 6.92 Å². The van der Waals surface area contributed by atoms with Gasteiger partial charge in [0.05, 0.1) is 5.69 Å². The number of hydrogen-bond donors (Lipinski definition) is 0. The van der Waals surface area contributed by atoms with Gasteiger partial charge in [-0.3, -0.25) is 4.79 Å². The monoisotopic (exact) mass is 352 g/mol. The molecule has 0 N–H and O–H groups in total. The Bertz CT molecular complexity index is 800. The fourth-order valence-electron chi connectivity index (χ4n) is 3.61. The van der Waals surface area contributed by atoms with Crippen molar-refractivity contribution in [1.29, 1.82) is 0 Å². The standard InChI is InChI=1S/C20H24N4O2/c1-15-5-2-3-8-18(15)26-14-20(25)24-11-9-23(10-12-24)19-13-16-6-4-7-17(16)21-22-19/h2-3,5,8,13H,4,6-7,9-12,14H2,1H3. The SMILES string of the molecule is Cc1ccccc1OCC(=O)N1CCN(c2cc3c(nn2)CCC3)CC1. The third-order valence-electron chi connectivity index (χ3n) is 5.21. The lowest BCUT2D eigenvalue weighted by Crippen LogP contribution is -2.50. The highest BCUT2D eigenvalue weighted by Gasteiger charge is 2.24. The Morgan fingerprint density at radius 3 is 2.73 bits per heavy atom. The van der Waals surface area contributed by atoms with Crippen molar-refractivity contribution in [2.75, 3.05) is 37.7 Å². The number of carbonyl (C=O) groups excluding carboxylic acids is 1. The maximum Gasteiger partial charge on any atom is 0.260 e. The van der Waals surface area contributed by atoms with Crippen molar-refractivity contribution in [3.8, 4) is 5.75 Å². The van der Waals surface area contributed by atoms with Crippen molar-refractivity contribution < 1.29 is 9.53 Å². The predicted molar refractivity (Wildman–Crippen MR) is 99.5 cm³/mol. The van der Waals surface area contributed by atoms with Crippen molar-refractivity contribution in [3.63, 3.8) is 0 Å². The van der Waals surface area contributed by atoms with Crippen molar-refractivity contribution in [2.45, 2.75) is 26.2 Å². The van der Waals surface area contributed by atoms with Gasteiger partial charge < -0.3 is 14.5 Å². The van der Waals surface area contributed by atoms with E-state index in [1.807, 2.05) is 36.1 Å². The van der Waals surface area contributed by atoms with Gasteiger partial charge in [-0.1, -0.05) is 18.2 Å². The first-order valence-electron chi connectivity index (χ1n) is 9.27. The molecule has 1 aliphatic heterocycles. The van der Waals surface area contributed by atoms with E-state index < -0.39 is 0 Å². The maximum absolute atomic E-state index is 12.4. The van der Waals surface area contributed by atoms with Crippen LogP contribution < -0.4 is 9.64 Å². The number of rotatable bonds is 4. The molecule has 1 fully saturated rings. The second-order valence-corrected chi connectivity index (χ2v) is 6.95. The molecule has 26 heavy (non-hydrogen) atoms. The summed E-state index contributed by atoms with van der Waals surface area (Å²) in [6.45, 7) is 5.01. The molecule has 0 atom stereocenters. The van der Waals surface area contributed by atoms with Crippen LogP contribution in [0.25, 0.3) is 0 Å². The van der Waals surface area contributed by atoms with Gasteiger partial charge in [-0.05, 0) is 49.4 Å². The molecule has 6 heteroatoms. The molecule has 0 radical (unpaired) electrons. The first-order valence-corrected chi connectivity index (χ1v) is 9.27. The first kappa shape index (κ1) is 16.8. The summed E-state index contributed by atoms with van der Waals surface area (Å²) in [5, 5.41) is 8.74. The van der Waals surface area contributed by atoms with Crippen LogP contribution in [0.5, 0.6) is 5.75 Å². The Morgan fingerprint density at radius 2 is 1.92 bits per heavy atom. The highest BCUT2D eigenvalue weighted by molar-refractivity contribution is 5.78. The minimum Gasteiger partial charge on any atom is -0.484 e. The van der Waals surface area contributed by atoms with E-state index in [2.05, 4.69) is 21.2 Å². The molecule has 1 aromatic carbocycles. The van der Waals surface area contributed by atoms with E-state index in [9.17, 15) is 4.79 Å². The average Bonchev–Trinajstić information content (AvgIpc) is 3.15. The Hall–Kier alpha value is -2.63. The summed E-state index contributed by atoms with van der Waals surface area (Å²) in [4.78, 5) is 16.5. The summed E-state index contributed by atoms with van der Waals surface area (Å²) in [6.07, 6.45) is 3.33. The first-order chi connectivity index (χ1) is 12.7. The average molecular weight is 352 g/mol. The number of hydrogen-bond acceptors (Lipinski definition) is 5. The zero-order chi connectivity index (χ0) is 17.9. The molecule has 0 spiro atoms. The third kappa shape index (κ3) is 3.49. The van der Waals surface area contributed by atoms with Crippen LogP contribution in [-0.2, 0) is 17.6 Å². The molecule has 1 aliphatic carbocycles. The number of fused-ring (bicyclic) bond motifs is 1. The number of aromatic nitrogens is 2. The van der Waals surface area contributed by atoms with Crippen LogP contribution in [0.3, 0.4) is 0 Å². The van der Waals surface area contributed by atoms with E-state index >= 15 is 0 Å². The lowest BCUT2D eigenvalue weighted by molar-refractivity contribution is -0.133. The molecule has 136 valence electrons. The fourth-order valence-corrected chi connectivity index (χ4v) is 3.61. The molecule has 1 amide bonds. The molecule has 1 aromatic heterocycles. The minimum atomic E-state index is 0.0351. The molecule has 2 aliphatic rings. The van der Waals surface area contributed by atoms with E-state index in [0.29, 0.717) is 13.1 Å². The number of amides is 1. The number of ether oxygens (including phenoxy) is 1. The molecule has 1 saturated heterocycles. The summed E-state index contributed by atoms with van der Waals surface area (Å²) < 4.78 is 5.69. The molecule has 0 unspecified atom stereocenters. The van der Waals surface area contributed by atoms with Crippen molar-refractivity contribution in [2.24, 2.45) is 0 Å². The van der Waals surface area contributed by atoms with E-state index in [0.717, 1.165) is 48.8 Å². The van der Waals surface area contributed by atoms with E-state index in [4.69, 9.17) is 4.74 Å². The zero-order valence-electron chi connectivity index (χ0n) is 15.1. The van der Waals surface area contributed by atoms with Crippen LogP contribution >= 0.6 is 0 Å². The highest BCUT2D eigenvalue weighted by Crippen LogP contribution is 2.23. The number of benzene rings is 1. The predicted octanol–water partition coefficient (Wildman–Crippen LogP) is 2.00. The van der Waals surface area contributed by atoms with Gasteiger partial charge >= 0.3 is 0 Å². The van der Waals surface area contributed by atoms with Gasteiger partial charge in [0.2, 0.25) is 0 Å². The molecule has 0 bridgehead atoms. The third-order valence-corrected chi connectivity index (χ3v) is 5.21. The Balaban J connectivity index is 1.30. The van der Waals surface area contributed by atoms with E-state index in [1.54, 1.807) is 0 Å². The number of anilines is 1.